The number of hydrogen-bond acceptors (Lipinski definition) is 7. The number of allylic oxidation sites excluding steroid dienone is 2. The molecule has 0 aliphatic heterocycles. The maximum absolute atomic E-state index is 14.2. The third kappa shape index (κ3) is 13.4. The molecule has 1 aliphatic rings. The van der Waals surface area contributed by atoms with Crippen LogP contribution < -0.4 is 10.4 Å². The predicted octanol–water partition coefficient (Wildman–Crippen LogP) is 12.3. The van der Waals surface area contributed by atoms with Gasteiger partial charge in [-0.05, 0) is 82.8 Å². The van der Waals surface area contributed by atoms with Crippen LogP contribution >= 0.6 is 0 Å². The molecule has 6 rings (SSSR count). The van der Waals surface area contributed by atoms with Crippen molar-refractivity contribution < 1.29 is 31.3 Å². The van der Waals surface area contributed by atoms with Gasteiger partial charge in [0.25, 0.3) is 18.4 Å². The monoisotopic (exact) mass is 926 g/mol. The van der Waals surface area contributed by atoms with Crippen LogP contribution in [-0.4, -0.2) is 48.1 Å². The molecule has 0 radical (unpaired) electrons. The highest BCUT2D eigenvalue weighted by Crippen LogP contribution is 2.43. The standard InChI is InChI=1S/C57H70O7SSi/c1-7-8-14-25-48(64-66(57(3,4)5,50-26-17-12-18-27-50)51-28-19-13-20-29-51)38-41-53-52(30-21-9-10-22-31-56(58)61-6)54(42-55(53)63-65(59,60)49-39-32-44(2)33-40-49)62-43-45-34-36-47(37-35-45)46-23-15-11-16-24-46/h9,11-13,15-21,23-24,26-29,32-41,48,52-55H,7-8,10,14,22,25,30-31,42-43H2,1-6H3/b21-9-,41-38+/t48-,52+,53+,54-,55+/m0/s1. The molecule has 1 fully saturated rings. The molecule has 0 bridgehead atoms. The number of rotatable bonds is 23. The van der Waals surface area contributed by atoms with Gasteiger partial charge in [0, 0.05) is 18.8 Å². The van der Waals surface area contributed by atoms with Crippen LogP contribution in [0.25, 0.3) is 11.1 Å². The first-order valence-electron chi connectivity index (χ1n) is 23.8. The Morgan fingerprint density at radius 1 is 0.758 bits per heavy atom. The number of hydrogen-bond donors (Lipinski definition) is 0. The van der Waals surface area contributed by atoms with Gasteiger partial charge >= 0.3 is 5.97 Å². The number of benzene rings is 5. The smallest absolute Gasteiger partial charge is 0.305 e. The number of aryl methyl sites for hydroxylation is 1. The van der Waals surface area contributed by atoms with Crippen LogP contribution in [0.3, 0.4) is 0 Å². The lowest BCUT2D eigenvalue weighted by Crippen LogP contribution is -2.67. The quantitative estimate of drug-likeness (QED) is 0.0212. The molecule has 5 atom stereocenters. The molecule has 0 saturated heterocycles. The van der Waals surface area contributed by atoms with Crippen LogP contribution in [0.2, 0.25) is 5.04 Å². The molecule has 7 nitrogen and oxygen atoms in total. The average molecular weight is 927 g/mol. The summed E-state index contributed by atoms with van der Waals surface area (Å²) in [4.78, 5) is 12.0. The van der Waals surface area contributed by atoms with Crippen LogP contribution in [-0.2, 0) is 39.6 Å². The summed E-state index contributed by atoms with van der Waals surface area (Å²) in [7, 11) is -5.67. The van der Waals surface area contributed by atoms with Crippen molar-refractivity contribution in [1.82, 2.24) is 0 Å². The van der Waals surface area contributed by atoms with Crippen molar-refractivity contribution in [2.75, 3.05) is 7.11 Å². The molecular weight excluding hydrogens is 857 g/mol. The van der Waals surface area contributed by atoms with Gasteiger partial charge in [0.2, 0.25) is 0 Å². The van der Waals surface area contributed by atoms with E-state index in [2.05, 4.69) is 149 Å². The van der Waals surface area contributed by atoms with Crippen molar-refractivity contribution in [3.05, 3.63) is 175 Å². The molecule has 0 heterocycles. The fourth-order valence-electron chi connectivity index (χ4n) is 9.30. The predicted molar refractivity (Wildman–Crippen MR) is 271 cm³/mol. The Morgan fingerprint density at radius 3 is 1.95 bits per heavy atom. The number of unbranched alkanes of at least 4 members (excludes halogenated alkanes) is 3. The van der Waals surface area contributed by atoms with Gasteiger partial charge in [-0.3, -0.25) is 8.98 Å². The summed E-state index contributed by atoms with van der Waals surface area (Å²) < 4.78 is 54.2. The summed E-state index contributed by atoms with van der Waals surface area (Å²) in [6.07, 6.45) is 14.1. The lowest BCUT2D eigenvalue weighted by atomic mass is 9.89. The van der Waals surface area contributed by atoms with E-state index in [9.17, 15) is 13.2 Å². The van der Waals surface area contributed by atoms with Crippen molar-refractivity contribution in [2.24, 2.45) is 11.8 Å². The zero-order chi connectivity index (χ0) is 47.0. The summed E-state index contributed by atoms with van der Waals surface area (Å²) in [6.45, 7) is 11.4. The molecule has 5 aromatic carbocycles. The third-order valence-corrected chi connectivity index (χ3v) is 19.3. The minimum atomic E-state index is -4.13. The largest absolute Gasteiger partial charge is 0.469 e. The van der Waals surface area contributed by atoms with Gasteiger partial charge in [-0.2, -0.15) is 8.42 Å². The molecule has 9 heteroatoms. The van der Waals surface area contributed by atoms with Gasteiger partial charge in [-0.25, -0.2) is 0 Å². The lowest BCUT2D eigenvalue weighted by molar-refractivity contribution is -0.140. The van der Waals surface area contributed by atoms with E-state index in [1.54, 1.807) is 24.3 Å². The molecule has 350 valence electrons. The van der Waals surface area contributed by atoms with E-state index in [1.807, 2.05) is 25.1 Å². The molecule has 5 aromatic rings. The number of carbonyl (C=O) groups excluding carboxylic acids is 1. The van der Waals surface area contributed by atoms with Crippen molar-refractivity contribution in [2.45, 2.75) is 127 Å². The van der Waals surface area contributed by atoms with Gasteiger partial charge in [0.1, 0.15) is 0 Å². The zero-order valence-corrected chi connectivity index (χ0v) is 41.6. The maximum atomic E-state index is 14.2. The van der Waals surface area contributed by atoms with Crippen molar-refractivity contribution in [1.29, 1.82) is 0 Å². The highest BCUT2D eigenvalue weighted by atomic mass is 32.2. The van der Waals surface area contributed by atoms with E-state index < -0.39 is 24.5 Å². The molecule has 0 spiro atoms. The molecule has 0 N–H and O–H groups in total. The minimum Gasteiger partial charge on any atom is -0.469 e. The molecule has 0 amide bonds. The van der Waals surface area contributed by atoms with E-state index >= 15 is 0 Å². The number of ether oxygens (including phenoxy) is 2. The zero-order valence-electron chi connectivity index (χ0n) is 39.8. The summed E-state index contributed by atoms with van der Waals surface area (Å²) >= 11 is 0. The topological polar surface area (TPSA) is 88.1 Å². The van der Waals surface area contributed by atoms with Gasteiger partial charge in [0.15, 0.2) is 0 Å². The van der Waals surface area contributed by atoms with Crippen molar-refractivity contribution in [3.8, 4) is 11.1 Å². The van der Waals surface area contributed by atoms with E-state index in [-0.39, 0.29) is 39.9 Å². The highest BCUT2D eigenvalue weighted by Gasteiger charge is 2.51. The molecule has 1 saturated carbocycles. The number of esters is 1. The number of methoxy groups -OCH3 is 1. The maximum Gasteiger partial charge on any atom is 0.305 e. The van der Waals surface area contributed by atoms with Crippen LogP contribution in [0, 0.1) is 18.8 Å². The Morgan fingerprint density at radius 2 is 1.36 bits per heavy atom. The van der Waals surface area contributed by atoms with Crippen LogP contribution in [0.1, 0.15) is 96.6 Å². The summed E-state index contributed by atoms with van der Waals surface area (Å²) in [5, 5.41) is 2.20. The van der Waals surface area contributed by atoms with Crippen LogP contribution in [0.4, 0.5) is 0 Å². The first kappa shape index (κ1) is 50.5. The Bertz CT molecular complexity index is 2360. The fraction of sp³-hybridized carbons (Fsp3) is 0.386. The van der Waals surface area contributed by atoms with E-state index in [0.29, 0.717) is 32.3 Å². The minimum absolute atomic E-state index is 0.121. The van der Waals surface area contributed by atoms with Gasteiger partial charge in [0.05, 0.1) is 36.9 Å². The average Bonchev–Trinajstić information content (AvgIpc) is 3.64. The first-order chi connectivity index (χ1) is 31.8. The van der Waals surface area contributed by atoms with Crippen molar-refractivity contribution in [3.63, 3.8) is 0 Å². The summed E-state index contributed by atoms with van der Waals surface area (Å²) in [5.41, 5.74) is 4.28. The molecule has 0 unspecified atom stereocenters. The highest BCUT2D eigenvalue weighted by molar-refractivity contribution is 7.86. The van der Waals surface area contributed by atoms with Gasteiger partial charge in [-0.1, -0.05) is 204 Å². The Hall–Kier alpha value is -4.90. The van der Waals surface area contributed by atoms with Crippen molar-refractivity contribution >= 4 is 34.8 Å². The lowest BCUT2D eigenvalue weighted by Gasteiger charge is -2.45. The molecule has 0 aromatic heterocycles. The van der Waals surface area contributed by atoms with E-state index in [1.165, 1.54) is 17.5 Å². The Kier molecular flexibility index (Phi) is 18.5. The second-order valence-electron chi connectivity index (χ2n) is 18.7. The summed E-state index contributed by atoms with van der Waals surface area (Å²) in [5.74, 6) is -0.672. The third-order valence-electron chi connectivity index (χ3n) is 12.9. The first-order valence-corrected chi connectivity index (χ1v) is 27.1. The summed E-state index contributed by atoms with van der Waals surface area (Å²) in [6, 6.07) is 47.0. The van der Waals surface area contributed by atoms with E-state index in [4.69, 9.17) is 18.1 Å². The fourth-order valence-corrected chi connectivity index (χ4v) is 15.1. The second-order valence-corrected chi connectivity index (χ2v) is 24.5. The molecular formula is C57H70O7SSi. The molecule has 66 heavy (non-hydrogen) atoms. The second kappa shape index (κ2) is 24.2. The van der Waals surface area contributed by atoms with Gasteiger partial charge < -0.3 is 13.9 Å². The number of carbonyl (C=O) groups is 1. The van der Waals surface area contributed by atoms with E-state index in [0.717, 1.165) is 54.4 Å². The SMILES string of the molecule is CCCCC[C@@H](/C=C/[C@@H]1[C@@H](C/C=C\CCCC(=O)OC)[C@@H](OCc2ccc(-c3ccccc3)cc2)C[C@H]1OS(=O)(=O)c1ccc(C)cc1)O[Si](c1ccccc1)(c1ccccc1)C(C)(C)C. The Balaban J connectivity index is 1.38. The van der Waals surface area contributed by atoms with Gasteiger partial charge in [-0.15, -0.1) is 0 Å². The Labute approximate surface area is 396 Å². The van der Waals surface area contributed by atoms with Crippen LogP contribution in [0.5, 0.6) is 0 Å². The van der Waals surface area contributed by atoms with Crippen LogP contribution in [0.15, 0.2) is 169 Å². The normalized spacial score (nSPS) is 18.5. The molecule has 1 aliphatic carbocycles.